The summed E-state index contributed by atoms with van der Waals surface area (Å²) in [6.45, 7) is 3.97. The zero-order valence-electron chi connectivity index (χ0n) is 17.8. The van der Waals surface area contributed by atoms with Gasteiger partial charge in [0.05, 0.1) is 7.11 Å². The zero-order chi connectivity index (χ0) is 22.0. The molecule has 0 atom stereocenters. The highest BCUT2D eigenvalue weighted by molar-refractivity contribution is 6.16. The number of benzene rings is 3. The number of hydrogen-bond donors (Lipinski definition) is 1. The van der Waals surface area contributed by atoms with Crippen LogP contribution in [0.3, 0.4) is 0 Å². The van der Waals surface area contributed by atoms with E-state index < -0.39 is 0 Å². The molecule has 0 aliphatic rings. The Labute approximate surface area is 181 Å². The smallest absolute Gasteiger partial charge is 0.244 e. The summed E-state index contributed by atoms with van der Waals surface area (Å²) in [5, 5.41) is 3.82. The summed E-state index contributed by atoms with van der Waals surface area (Å²) in [5.74, 6) is 0.570. The first-order valence-electron chi connectivity index (χ1n) is 10.1. The van der Waals surface area contributed by atoms with Crippen molar-refractivity contribution in [2.24, 2.45) is 0 Å². The number of hydrogen-bond acceptors (Lipinski definition) is 3. The highest BCUT2D eigenvalue weighted by Crippen LogP contribution is 2.27. The van der Waals surface area contributed by atoms with E-state index in [-0.39, 0.29) is 18.2 Å². The number of ether oxygens (including phenoxy) is 1. The highest BCUT2D eigenvalue weighted by Gasteiger charge is 2.18. The molecule has 31 heavy (non-hydrogen) atoms. The molecule has 0 unspecified atom stereocenters. The molecule has 1 aromatic heterocycles. The summed E-state index contributed by atoms with van der Waals surface area (Å²) in [7, 11) is 1.63. The van der Waals surface area contributed by atoms with Crippen LogP contribution in [0.5, 0.6) is 5.75 Å². The molecule has 0 bridgehead atoms. The van der Waals surface area contributed by atoms with Gasteiger partial charge in [0.25, 0.3) is 0 Å². The summed E-state index contributed by atoms with van der Waals surface area (Å²) in [6, 6.07) is 20.6. The molecule has 5 nitrogen and oxygen atoms in total. The van der Waals surface area contributed by atoms with E-state index in [1.807, 2.05) is 73.0 Å². The Bertz CT molecular complexity index is 1270. The minimum atomic E-state index is -0.160. The molecule has 1 N–H and O–H groups in total. The molecule has 156 valence electrons. The lowest BCUT2D eigenvalue weighted by Crippen LogP contribution is -2.19. The molecule has 0 saturated carbocycles. The lowest BCUT2D eigenvalue weighted by atomic mass is 10.0. The first-order valence-corrected chi connectivity index (χ1v) is 10.1. The predicted octanol–water partition coefficient (Wildman–Crippen LogP) is 5.14. The Kier molecular flexibility index (Phi) is 5.58. The number of aromatic nitrogens is 1. The van der Waals surface area contributed by atoms with Gasteiger partial charge in [-0.1, -0.05) is 48.5 Å². The van der Waals surface area contributed by atoms with E-state index in [1.54, 1.807) is 25.4 Å². The van der Waals surface area contributed by atoms with Crippen LogP contribution in [0.15, 0.2) is 72.9 Å². The lowest BCUT2D eigenvalue weighted by Gasteiger charge is -2.13. The van der Waals surface area contributed by atoms with Crippen LogP contribution < -0.4 is 10.1 Å². The molecule has 1 amide bonds. The van der Waals surface area contributed by atoms with Crippen LogP contribution in [0.2, 0.25) is 0 Å². The molecular formula is C26H24N2O3. The van der Waals surface area contributed by atoms with Crippen LogP contribution in [-0.4, -0.2) is 23.4 Å². The van der Waals surface area contributed by atoms with E-state index in [0.29, 0.717) is 11.1 Å². The molecule has 0 fully saturated rings. The predicted molar refractivity (Wildman–Crippen MR) is 123 cm³/mol. The SMILES string of the molecule is COc1cc(C)c(NC(=O)Cn2cc(C(=O)c3ccccc3)c3ccccc32)cc1C. The second-order valence-corrected chi connectivity index (χ2v) is 7.57. The first-order chi connectivity index (χ1) is 15.0. The van der Waals surface area contributed by atoms with Crippen molar-refractivity contribution >= 4 is 28.3 Å². The van der Waals surface area contributed by atoms with Gasteiger partial charge in [0.1, 0.15) is 12.3 Å². The molecule has 0 radical (unpaired) electrons. The number of ketones is 1. The van der Waals surface area contributed by atoms with Gasteiger partial charge in [0, 0.05) is 33.9 Å². The van der Waals surface area contributed by atoms with Crippen molar-refractivity contribution in [3.63, 3.8) is 0 Å². The molecule has 0 aliphatic carbocycles. The van der Waals surface area contributed by atoms with Crippen LogP contribution in [-0.2, 0) is 11.3 Å². The van der Waals surface area contributed by atoms with E-state index >= 15 is 0 Å². The fraction of sp³-hybridized carbons (Fsp3) is 0.154. The van der Waals surface area contributed by atoms with Gasteiger partial charge >= 0.3 is 0 Å². The minimum Gasteiger partial charge on any atom is -0.496 e. The van der Waals surface area contributed by atoms with Crippen molar-refractivity contribution < 1.29 is 14.3 Å². The van der Waals surface area contributed by atoms with Gasteiger partial charge in [-0.15, -0.1) is 0 Å². The van der Waals surface area contributed by atoms with E-state index in [0.717, 1.165) is 33.5 Å². The average Bonchev–Trinajstić information content (AvgIpc) is 3.14. The molecular weight excluding hydrogens is 388 g/mol. The second kappa shape index (κ2) is 8.48. The van der Waals surface area contributed by atoms with Crippen LogP contribution >= 0.6 is 0 Å². The van der Waals surface area contributed by atoms with Gasteiger partial charge in [0.2, 0.25) is 5.91 Å². The fourth-order valence-corrected chi connectivity index (χ4v) is 3.79. The number of fused-ring (bicyclic) bond motifs is 1. The minimum absolute atomic E-state index is 0.0578. The first kappa shape index (κ1) is 20.4. The summed E-state index contributed by atoms with van der Waals surface area (Å²) in [5.41, 5.74) is 4.68. The monoisotopic (exact) mass is 412 g/mol. The molecule has 3 aromatic carbocycles. The standard InChI is InChI=1S/C26H24N2O3/c1-17-14-24(31-3)18(2)13-22(17)27-25(29)16-28-15-21(20-11-7-8-12-23(20)28)26(30)19-9-5-4-6-10-19/h4-15H,16H2,1-3H3,(H,27,29). The summed E-state index contributed by atoms with van der Waals surface area (Å²) in [6.07, 6.45) is 1.77. The van der Waals surface area contributed by atoms with Crippen molar-refractivity contribution in [1.29, 1.82) is 0 Å². The summed E-state index contributed by atoms with van der Waals surface area (Å²) in [4.78, 5) is 25.9. The van der Waals surface area contributed by atoms with Gasteiger partial charge in [0.15, 0.2) is 5.78 Å². The number of aryl methyl sites for hydroxylation is 2. The number of para-hydroxylation sites is 1. The number of rotatable bonds is 6. The number of anilines is 1. The molecule has 0 aliphatic heterocycles. The summed E-state index contributed by atoms with van der Waals surface area (Å²) < 4.78 is 7.17. The van der Waals surface area contributed by atoms with Gasteiger partial charge in [-0.25, -0.2) is 0 Å². The number of amides is 1. The Morgan fingerprint density at radius 3 is 2.39 bits per heavy atom. The maximum atomic E-state index is 13.1. The van der Waals surface area contributed by atoms with Gasteiger partial charge in [-0.3, -0.25) is 9.59 Å². The maximum absolute atomic E-state index is 13.1. The van der Waals surface area contributed by atoms with E-state index in [2.05, 4.69) is 5.32 Å². The quantitative estimate of drug-likeness (QED) is 0.446. The number of carbonyl (C=O) groups is 2. The van der Waals surface area contributed by atoms with Gasteiger partial charge < -0.3 is 14.6 Å². The zero-order valence-corrected chi connectivity index (χ0v) is 17.8. The molecule has 4 aromatic rings. The van der Waals surface area contributed by atoms with E-state index in [4.69, 9.17) is 4.74 Å². The third kappa shape index (κ3) is 4.08. The van der Waals surface area contributed by atoms with Crippen LogP contribution in [0.1, 0.15) is 27.0 Å². The van der Waals surface area contributed by atoms with Crippen molar-refractivity contribution in [2.75, 3.05) is 12.4 Å². The van der Waals surface area contributed by atoms with Crippen molar-refractivity contribution in [3.05, 3.63) is 95.2 Å². The Hall–Kier alpha value is -3.86. The highest BCUT2D eigenvalue weighted by atomic mass is 16.5. The Balaban J connectivity index is 1.63. The van der Waals surface area contributed by atoms with Crippen molar-refractivity contribution in [2.45, 2.75) is 20.4 Å². The van der Waals surface area contributed by atoms with Crippen molar-refractivity contribution in [1.82, 2.24) is 4.57 Å². The van der Waals surface area contributed by atoms with Crippen molar-refractivity contribution in [3.8, 4) is 5.75 Å². The number of nitrogens with one attached hydrogen (secondary N) is 1. The molecule has 0 spiro atoms. The van der Waals surface area contributed by atoms with Gasteiger partial charge in [-0.2, -0.15) is 0 Å². The average molecular weight is 412 g/mol. The molecule has 0 saturated heterocycles. The van der Waals surface area contributed by atoms with E-state index in [1.165, 1.54) is 0 Å². The maximum Gasteiger partial charge on any atom is 0.244 e. The lowest BCUT2D eigenvalue weighted by molar-refractivity contribution is -0.116. The fourth-order valence-electron chi connectivity index (χ4n) is 3.79. The third-order valence-corrected chi connectivity index (χ3v) is 5.40. The Morgan fingerprint density at radius 1 is 0.935 bits per heavy atom. The van der Waals surface area contributed by atoms with Crippen LogP contribution in [0.25, 0.3) is 10.9 Å². The summed E-state index contributed by atoms with van der Waals surface area (Å²) >= 11 is 0. The Morgan fingerprint density at radius 2 is 1.65 bits per heavy atom. The number of methoxy groups -OCH3 is 1. The number of nitrogens with zero attached hydrogens (tertiary/aromatic N) is 1. The largest absolute Gasteiger partial charge is 0.496 e. The van der Waals surface area contributed by atoms with Crippen LogP contribution in [0, 0.1) is 13.8 Å². The second-order valence-electron chi connectivity index (χ2n) is 7.57. The normalized spacial score (nSPS) is 10.8. The third-order valence-electron chi connectivity index (χ3n) is 5.40. The van der Waals surface area contributed by atoms with Gasteiger partial charge in [-0.05, 0) is 43.2 Å². The molecule has 4 rings (SSSR count). The van der Waals surface area contributed by atoms with E-state index in [9.17, 15) is 9.59 Å². The molecule has 5 heteroatoms. The topological polar surface area (TPSA) is 60.3 Å². The van der Waals surface area contributed by atoms with Crippen LogP contribution in [0.4, 0.5) is 5.69 Å². The number of carbonyl (C=O) groups excluding carboxylic acids is 2. The molecule has 1 heterocycles.